The van der Waals surface area contributed by atoms with Crippen LogP contribution in [0.4, 0.5) is 30.5 Å². The molecule has 1 aliphatic rings. The number of hydrogen-bond acceptors (Lipinski definition) is 6. The molecule has 2 heterocycles. The standard InChI is InChI=1S/C20H22F3N7O/c1-30(15-6-2-4-13-11(15)9-26-29-13)19-10(17(25)31)8-12(21)18(28-19)27-14-5-3-7-20(22,23)16(14)24/h2,4,6,8-9,14,16H,3,5,7,24H2,1H3,(H2,25,31)(H,26,29)(H,27,28)/t14-,16-/m1/s1. The molecule has 1 saturated carbocycles. The van der Waals surface area contributed by atoms with E-state index >= 15 is 0 Å². The van der Waals surface area contributed by atoms with E-state index in [2.05, 4.69) is 20.5 Å². The number of nitrogens with two attached hydrogens (primary N) is 2. The Kier molecular flexibility index (Phi) is 5.21. The van der Waals surface area contributed by atoms with Crippen LogP contribution >= 0.6 is 0 Å². The molecule has 0 spiro atoms. The molecule has 1 aromatic carbocycles. The van der Waals surface area contributed by atoms with Gasteiger partial charge in [0.2, 0.25) is 0 Å². The van der Waals surface area contributed by atoms with Gasteiger partial charge in [0, 0.05) is 24.9 Å². The van der Waals surface area contributed by atoms with Crippen molar-refractivity contribution in [3.63, 3.8) is 0 Å². The van der Waals surface area contributed by atoms with Crippen molar-refractivity contribution in [2.24, 2.45) is 11.5 Å². The lowest BCUT2D eigenvalue weighted by Crippen LogP contribution is -2.55. The molecule has 0 radical (unpaired) electrons. The van der Waals surface area contributed by atoms with Crippen molar-refractivity contribution in [3.05, 3.63) is 41.8 Å². The molecule has 3 aromatic rings. The number of hydrogen-bond donors (Lipinski definition) is 4. The zero-order valence-electron chi connectivity index (χ0n) is 16.7. The molecule has 11 heteroatoms. The van der Waals surface area contributed by atoms with Crippen molar-refractivity contribution >= 4 is 34.1 Å². The topological polar surface area (TPSA) is 126 Å². The fourth-order valence-electron chi connectivity index (χ4n) is 3.91. The van der Waals surface area contributed by atoms with E-state index in [-0.39, 0.29) is 30.0 Å². The number of rotatable bonds is 5. The molecule has 1 fully saturated rings. The molecule has 0 unspecified atom stereocenters. The van der Waals surface area contributed by atoms with Crippen LogP contribution in [0, 0.1) is 5.82 Å². The van der Waals surface area contributed by atoms with Crippen LogP contribution in [0.1, 0.15) is 29.6 Å². The van der Waals surface area contributed by atoms with E-state index in [1.165, 1.54) is 0 Å². The zero-order chi connectivity index (χ0) is 22.3. The number of alkyl halides is 2. The van der Waals surface area contributed by atoms with E-state index in [1.54, 1.807) is 30.3 Å². The predicted octanol–water partition coefficient (Wildman–Crippen LogP) is 2.89. The first-order valence-corrected chi connectivity index (χ1v) is 9.75. The number of benzene rings is 1. The maximum absolute atomic E-state index is 14.7. The maximum Gasteiger partial charge on any atom is 0.264 e. The smallest absolute Gasteiger partial charge is 0.264 e. The molecule has 1 aliphatic carbocycles. The average Bonchev–Trinajstić information content (AvgIpc) is 3.20. The predicted molar refractivity (Wildman–Crippen MR) is 111 cm³/mol. The van der Waals surface area contributed by atoms with E-state index in [1.807, 2.05) is 6.07 Å². The van der Waals surface area contributed by atoms with Crippen LogP contribution < -0.4 is 21.7 Å². The third kappa shape index (κ3) is 3.76. The van der Waals surface area contributed by atoms with Gasteiger partial charge in [0.05, 0.1) is 29.0 Å². The number of fused-ring (bicyclic) bond motifs is 1. The highest BCUT2D eigenvalue weighted by Gasteiger charge is 2.45. The van der Waals surface area contributed by atoms with Crippen LogP contribution in [-0.4, -0.2) is 46.1 Å². The van der Waals surface area contributed by atoms with Crippen molar-refractivity contribution in [3.8, 4) is 0 Å². The molecular weight excluding hydrogens is 411 g/mol. The highest BCUT2D eigenvalue weighted by Crippen LogP contribution is 2.36. The van der Waals surface area contributed by atoms with E-state index in [0.717, 1.165) is 17.0 Å². The summed E-state index contributed by atoms with van der Waals surface area (Å²) in [7, 11) is 1.64. The minimum atomic E-state index is -3.06. The molecule has 2 atom stereocenters. The highest BCUT2D eigenvalue weighted by atomic mass is 19.3. The Hall–Kier alpha value is -3.34. The van der Waals surface area contributed by atoms with Crippen LogP contribution in [-0.2, 0) is 0 Å². The van der Waals surface area contributed by atoms with Crippen molar-refractivity contribution < 1.29 is 18.0 Å². The first-order valence-electron chi connectivity index (χ1n) is 9.75. The summed E-state index contributed by atoms with van der Waals surface area (Å²) >= 11 is 0. The summed E-state index contributed by atoms with van der Waals surface area (Å²) in [6.45, 7) is 0. The summed E-state index contributed by atoms with van der Waals surface area (Å²) in [5.74, 6) is -5.02. The number of carbonyl (C=O) groups excluding carboxylic acids is 1. The number of primary amides is 1. The van der Waals surface area contributed by atoms with Gasteiger partial charge in [-0.1, -0.05) is 6.07 Å². The van der Waals surface area contributed by atoms with Gasteiger partial charge in [-0.25, -0.2) is 18.2 Å². The molecule has 1 amide bonds. The van der Waals surface area contributed by atoms with Gasteiger partial charge in [0.25, 0.3) is 11.8 Å². The number of nitrogens with one attached hydrogen (secondary N) is 2. The van der Waals surface area contributed by atoms with Crippen molar-refractivity contribution in [1.29, 1.82) is 0 Å². The van der Waals surface area contributed by atoms with Crippen LogP contribution in [0.3, 0.4) is 0 Å². The van der Waals surface area contributed by atoms with E-state index in [0.29, 0.717) is 12.1 Å². The second-order valence-electron chi connectivity index (χ2n) is 7.65. The Morgan fingerprint density at radius 1 is 1.39 bits per heavy atom. The Morgan fingerprint density at radius 3 is 2.90 bits per heavy atom. The van der Waals surface area contributed by atoms with Crippen LogP contribution in [0.15, 0.2) is 30.5 Å². The lowest BCUT2D eigenvalue weighted by molar-refractivity contribution is -0.0555. The molecule has 4 rings (SSSR count). The van der Waals surface area contributed by atoms with Gasteiger partial charge in [-0.15, -0.1) is 0 Å². The average molecular weight is 433 g/mol. The number of H-pyrrole nitrogens is 1. The quantitative estimate of drug-likeness (QED) is 0.490. The number of aromatic nitrogens is 3. The summed E-state index contributed by atoms with van der Waals surface area (Å²) in [4.78, 5) is 17.8. The molecule has 0 saturated heterocycles. The number of nitrogens with zero attached hydrogens (tertiary/aromatic N) is 3. The molecule has 31 heavy (non-hydrogen) atoms. The fraction of sp³-hybridized carbons (Fsp3) is 0.350. The van der Waals surface area contributed by atoms with E-state index < -0.39 is 29.7 Å². The van der Waals surface area contributed by atoms with Crippen molar-refractivity contribution in [1.82, 2.24) is 15.2 Å². The normalized spacial score (nSPS) is 20.5. The van der Waals surface area contributed by atoms with Crippen LogP contribution in [0.5, 0.6) is 0 Å². The number of pyridine rings is 1. The number of halogens is 3. The minimum Gasteiger partial charge on any atom is -0.365 e. The van der Waals surface area contributed by atoms with Crippen molar-refractivity contribution in [2.45, 2.75) is 37.3 Å². The second-order valence-corrected chi connectivity index (χ2v) is 7.65. The molecule has 164 valence electrons. The monoisotopic (exact) mass is 433 g/mol. The molecule has 2 aromatic heterocycles. The number of carbonyl (C=O) groups is 1. The molecule has 8 nitrogen and oxygen atoms in total. The summed E-state index contributed by atoms with van der Waals surface area (Å²) in [6.07, 6.45) is 1.88. The molecular formula is C20H22F3N7O. The van der Waals surface area contributed by atoms with E-state index in [9.17, 15) is 18.0 Å². The Balaban J connectivity index is 1.75. The Bertz CT molecular complexity index is 1130. The second kappa shape index (κ2) is 7.73. The van der Waals surface area contributed by atoms with Gasteiger partial charge in [-0.2, -0.15) is 5.10 Å². The van der Waals surface area contributed by atoms with Gasteiger partial charge < -0.3 is 21.7 Å². The van der Waals surface area contributed by atoms with Gasteiger partial charge in [-0.3, -0.25) is 9.89 Å². The highest BCUT2D eigenvalue weighted by molar-refractivity contribution is 6.01. The summed E-state index contributed by atoms with van der Waals surface area (Å²) in [5.41, 5.74) is 12.4. The summed E-state index contributed by atoms with van der Waals surface area (Å²) in [6, 6.07) is 3.97. The third-order valence-electron chi connectivity index (χ3n) is 5.63. The molecule has 0 aliphatic heterocycles. The number of amides is 1. The lowest BCUT2D eigenvalue weighted by atomic mass is 9.87. The summed E-state index contributed by atoms with van der Waals surface area (Å²) in [5, 5.41) is 10.3. The van der Waals surface area contributed by atoms with Gasteiger partial charge in [-0.05, 0) is 31.0 Å². The third-order valence-corrected chi connectivity index (χ3v) is 5.63. The first kappa shape index (κ1) is 20.9. The number of anilines is 3. The number of aromatic amines is 1. The van der Waals surface area contributed by atoms with Gasteiger partial charge in [0.1, 0.15) is 5.82 Å². The largest absolute Gasteiger partial charge is 0.365 e. The van der Waals surface area contributed by atoms with Gasteiger partial charge >= 0.3 is 0 Å². The summed E-state index contributed by atoms with van der Waals surface area (Å²) < 4.78 is 42.8. The maximum atomic E-state index is 14.7. The molecule has 6 N–H and O–H groups in total. The minimum absolute atomic E-state index is 0.0706. The van der Waals surface area contributed by atoms with Crippen LogP contribution in [0.25, 0.3) is 10.9 Å². The molecule has 0 bridgehead atoms. The SMILES string of the molecule is CN(c1nc(N[C@@H]2CCCC(F)(F)[C@@H]2N)c(F)cc1C(N)=O)c1cccc2[nH]ncc12. The fourth-order valence-corrected chi connectivity index (χ4v) is 3.91. The van der Waals surface area contributed by atoms with Crippen LogP contribution in [0.2, 0.25) is 0 Å². The first-order chi connectivity index (χ1) is 14.7. The zero-order valence-corrected chi connectivity index (χ0v) is 16.7. The van der Waals surface area contributed by atoms with Crippen molar-refractivity contribution in [2.75, 3.05) is 17.3 Å². The Labute approximate surface area is 175 Å². The Morgan fingerprint density at radius 2 is 2.16 bits per heavy atom. The van der Waals surface area contributed by atoms with E-state index in [4.69, 9.17) is 11.5 Å². The van der Waals surface area contributed by atoms with Gasteiger partial charge in [0.15, 0.2) is 11.6 Å². The lowest BCUT2D eigenvalue weighted by Gasteiger charge is -2.36.